The highest BCUT2D eigenvalue weighted by molar-refractivity contribution is 5.95. The Kier molecular flexibility index (Phi) is 6.56. The molecule has 26 heavy (non-hydrogen) atoms. The number of carboxylic acid groups (broad SMARTS) is 1. The highest BCUT2D eigenvalue weighted by atomic mass is 16.4. The molecule has 0 radical (unpaired) electrons. The van der Waals surface area contributed by atoms with E-state index in [1.165, 1.54) is 0 Å². The number of carboxylic acids is 1. The molecule has 0 aliphatic rings. The van der Waals surface area contributed by atoms with Crippen LogP contribution in [0.25, 0.3) is 11.4 Å². The number of nitrogens with one attached hydrogen (secondary N) is 1. The quantitative estimate of drug-likeness (QED) is 0.495. The summed E-state index contributed by atoms with van der Waals surface area (Å²) in [6, 6.07) is 19.8. The van der Waals surface area contributed by atoms with Gasteiger partial charge in [0.15, 0.2) is 5.82 Å². The fourth-order valence-corrected chi connectivity index (χ4v) is 2.29. The molecule has 0 aliphatic heterocycles. The van der Waals surface area contributed by atoms with Crippen LogP contribution in [0.3, 0.4) is 0 Å². The molecule has 1 aromatic heterocycles. The van der Waals surface area contributed by atoms with Gasteiger partial charge in [-0.3, -0.25) is 10.2 Å². The van der Waals surface area contributed by atoms with Gasteiger partial charge in [0.1, 0.15) is 5.84 Å². The minimum absolute atomic E-state index is 0.00876. The highest BCUT2D eigenvalue weighted by Gasteiger charge is 2.11. The number of aromatic nitrogens is 2. The Hall–Kier alpha value is -3.54. The zero-order chi connectivity index (χ0) is 18.9. The zero-order valence-corrected chi connectivity index (χ0v) is 14.4. The first kappa shape index (κ1) is 18.8. The van der Waals surface area contributed by atoms with Crippen LogP contribution in [-0.4, -0.2) is 26.9 Å². The van der Waals surface area contributed by atoms with Crippen molar-refractivity contribution < 1.29 is 9.90 Å². The Balaban J connectivity index is 0.000000552. The first-order valence-electron chi connectivity index (χ1n) is 7.96. The molecule has 2 aromatic carbocycles. The van der Waals surface area contributed by atoms with Crippen LogP contribution in [0.4, 0.5) is 0 Å². The standard InChI is InChI=1S/C18H16N4.C2H4O2/c19-17(20)15-12-21-18(14-9-5-2-6-10-14)22-16(15)11-13-7-3-1-4-8-13;1-2(3)4/h1-10,12H,11H2,(H3,19,20);1H3,(H,3,4). The number of carbonyl (C=O) groups is 1. The van der Waals surface area contributed by atoms with Crippen LogP contribution < -0.4 is 5.73 Å². The Morgan fingerprint density at radius 3 is 2.15 bits per heavy atom. The third-order valence-corrected chi connectivity index (χ3v) is 3.40. The Morgan fingerprint density at radius 1 is 1.08 bits per heavy atom. The lowest BCUT2D eigenvalue weighted by Crippen LogP contribution is -2.16. The van der Waals surface area contributed by atoms with Crippen LogP contribution in [0.2, 0.25) is 0 Å². The maximum Gasteiger partial charge on any atom is 0.300 e. The van der Waals surface area contributed by atoms with Gasteiger partial charge < -0.3 is 10.8 Å². The number of aliphatic carboxylic acids is 1. The predicted molar refractivity (Wildman–Crippen MR) is 101 cm³/mol. The van der Waals surface area contributed by atoms with Crippen LogP contribution in [0.1, 0.15) is 23.7 Å². The number of hydrogen-bond donors (Lipinski definition) is 3. The third kappa shape index (κ3) is 5.52. The number of benzene rings is 2. The van der Waals surface area contributed by atoms with Crippen molar-refractivity contribution in [3.8, 4) is 11.4 Å². The minimum Gasteiger partial charge on any atom is -0.481 e. The lowest BCUT2D eigenvalue weighted by Gasteiger charge is -2.09. The molecular formula is C20H20N4O2. The number of hydrogen-bond acceptors (Lipinski definition) is 4. The smallest absolute Gasteiger partial charge is 0.300 e. The second-order valence-corrected chi connectivity index (χ2v) is 5.52. The van der Waals surface area contributed by atoms with Gasteiger partial charge in [-0.15, -0.1) is 0 Å². The van der Waals surface area contributed by atoms with Crippen molar-refractivity contribution in [2.24, 2.45) is 5.73 Å². The second-order valence-electron chi connectivity index (χ2n) is 5.52. The molecule has 0 unspecified atom stereocenters. The van der Waals surface area contributed by atoms with E-state index in [4.69, 9.17) is 21.0 Å². The monoisotopic (exact) mass is 348 g/mol. The van der Waals surface area contributed by atoms with E-state index in [1.54, 1.807) is 6.20 Å². The largest absolute Gasteiger partial charge is 0.481 e. The summed E-state index contributed by atoms with van der Waals surface area (Å²) in [4.78, 5) is 18.0. The molecule has 0 aliphatic carbocycles. The topological polar surface area (TPSA) is 113 Å². The van der Waals surface area contributed by atoms with Crippen molar-refractivity contribution in [1.82, 2.24) is 9.97 Å². The molecule has 0 fully saturated rings. The molecule has 3 rings (SSSR count). The molecule has 1 heterocycles. The number of amidine groups is 1. The number of rotatable bonds is 4. The summed E-state index contributed by atoms with van der Waals surface area (Å²) in [5, 5.41) is 15.1. The van der Waals surface area contributed by atoms with Gasteiger partial charge in [0, 0.05) is 25.1 Å². The van der Waals surface area contributed by atoms with Crippen molar-refractivity contribution in [1.29, 1.82) is 5.41 Å². The van der Waals surface area contributed by atoms with E-state index in [-0.39, 0.29) is 5.84 Å². The zero-order valence-electron chi connectivity index (χ0n) is 14.4. The molecule has 4 N–H and O–H groups in total. The van der Waals surface area contributed by atoms with Gasteiger partial charge in [0.25, 0.3) is 5.97 Å². The average Bonchev–Trinajstić information content (AvgIpc) is 2.62. The summed E-state index contributed by atoms with van der Waals surface area (Å²) >= 11 is 0. The number of nitrogens with two attached hydrogens (primary N) is 1. The second kappa shape index (κ2) is 9.08. The summed E-state index contributed by atoms with van der Waals surface area (Å²) in [6.07, 6.45) is 2.26. The van der Waals surface area contributed by atoms with Gasteiger partial charge in [-0.05, 0) is 5.56 Å². The van der Waals surface area contributed by atoms with E-state index in [0.717, 1.165) is 23.7 Å². The maximum absolute atomic E-state index is 9.00. The highest BCUT2D eigenvalue weighted by Crippen LogP contribution is 2.18. The fraction of sp³-hybridized carbons (Fsp3) is 0.100. The van der Waals surface area contributed by atoms with Crippen molar-refractivity contribution in [2.45, 2.75) is 13.3 Å². The van der Waals surface area contributed by atoms with Crippen LogP contribution in [0.15, 0.2) is 66.9 Å². The summed E-state index contributed by atoms with van der Waals surface area (Å²) in [5.74, 6) is -0.193. The van der Waals surface area contributed by atoms with Crippen LogP contribution >= 0.6 is 0 Å². The number of nitrogens with zero attached hydrogens (tertiary/aromatic N) is 2. The molecule has 132 valence electrons. The van der Waals surface area contributed by atoms with E-state index in [0.29, 0.717) is 17.8 Å². The Labute approximate surface area is 151 Å². The molecule has 6 nitrogen and oxygen atoms in total. The summed E-state index contributed by atoms with van der Waals surface area (Å²) < 4.78 is 0. The molecule has 0 spiro atoms. The molecule has 0 atom stereocenters. The molecule has 0 bridgehead atoms. The maximum atomic E-state index is 9.00. The average molecular weight is 348 g/mol. The molecule has 0 saturated heterocycles. The van der Waals surface area contributed by atoms with Crippen molar-refractivity contribution in [3.05, 3.63) is 83.7 Å². The lowest BCUT2D eigenvalue weighted by molar-refractivity contribution is -0.134. The predicted octanol–water partition coefficient (Wildman–Crippen LogP) is 3.11. The molecule has 6 heteroatoms. The lowest BCUT2D eigenvalue weighted by atomic mass is 10.1. The summed E-state index contributed by atoms with van der Waals surface area (Å²) in [7, 11) is 0. The van der Waals surface area contributed by atoms with Gasteiger partial charge in [-0.25, -0.2) is 9.97 Å². The van der Waals surface area contributed by atoms with Gasteiger partial charge >= 0.3 is 0 Å². The van der Waals surface area contributed by atoms with E-state index < -0.39 is 5.97 Å². The molecule has 3 aromatic rings. The van der Waals surface area contributed by atoms with Crippen molar-refractivity contribution in [3.63, 3.8) is 0 Å². The minimum atomic E-state index is -0.833. The molecular weight excluding hydrogens is 328 g/mol. The van der Waals surface area contributed by atoms with Crippen LogP contribution in [0, 0.1) is 5.41 Å². The van der Waals surface area contributed by atoms with E-state index in [2.05, 4.69) is 9.97 Å². The summed E-state index contributed by atoms with van der Waals surface area (Å²) in [5.41, 5.74) is 9.10. The number of nitrogen functional groups attached to an aromatic ring is 1. The summed E-state index contributed by atoms with van der Waals surface area (Å²) in [6.45, 7) is 1.08. The molecule has 0 amide bonds. The molecule has 0 saturated carbocycles. The Bertz CT molecular complexity index is 877. The Morgan fingerprint density at radius 2 is 1.62 bits per heavy atom. The van der Waals surface area contributed by atoms with Gasteiger partial charge in [0.2, 0.25) is 0 Å². The first-order chi connectivity index (χ1) is 12.5. The first-order valence-corrected chi connectivity index (χ1v) is 7.96. The van der Waals surface area contributed by atoms with Crippen molar-refractivity contribution >= 4 is 11.8 Å². The normalized spacial score (nSPS) is 9.73. The van der Waals surface area contributed by atoms with Crippen LogP contribution in [0.5, 0.6) is 0 Å². The van der Waals surface area contributed by atoms with Crippen LogP contribution in [-0.2, 0) is 11.2 Å². The SMILES string of the molecule is CC(=O)O.N=C(N)c1cnc(-c2ccccc2)nc1Cc1ccccc1. The van der Waals surface area contributed by atoms with E-state index in [9.17, 15) is 0 Å². The van der Waals surface area contributed by atoms with Gasteiger partial charge in [-0.2, -0.15) is 0 Å². The van der Waals surface area contributed by atoms with Gasteiger partial charge in [-0.1, -0.05) is 60.7 Å². The fourth-order valence-electron chi connectivity index (χ4n) is 2.29. The van der Waals surface area contributed by atoms with Crippen molar-refractivity contribution in [2.75, 3.05) is 0 Å². The van der Waals surface area contributed by atoms with E-state index >= 15 is 0 Å². The van der Waals surface area contributed by atoms with E-state index in [1.807, 2.05) is 60.7 Å². The third-order valence-electron chi connectivity index (χ3n) is 3.40. The van der Waals surface area contributed by atoms with Gasteiger partial charge in [0.05, 0.1) is 11.3 Å².